The Morgan fingerprint density at radius 3 is 1.53 bits per heavy atom. The highest BCUT2D eigenvalue weighted by molar-refractivity contribution is 5.80. The van der Waals surface area contributed by atoms with Crippen molar-refractivity contribution in [3.8, 4) is 0 Å². The summed E-state index contributed by atoms with van der Waals surface area (Å²) in [5.74, 6) is 0.177. The van der Waals surface area contributed by atoms with Gasteiger partial charge in [-0.15, -0.1) is 0 Å². The topological polar surface area (TPSA) is 238 Å². The summed E-state index contributed by atoms with van der Waals surface area (Å²) in [6.07, 6.45) is -1.15. The third-order valence-electron chi connectivity index (χ3n) is 6.87. The van der Waals surface area contributed by atoms with Gasteiger partial charge >= 0.3 is 0 Å². The SMILES string of the molecule is CC(N)=NCCCC(O)CC(O)CC=CC(O)CC(O)CC(O)CC(O)CC=CC(O)CC(O)CC(O)CC(=O)C(C)C. The third kappa shape index (κ3) is 24.3. The van der Waals surface area contributed by atoms with Crippen LogP contribution in [0.15, 0.2) is 29.3 Å². The maximum absolute atomic E-state index is 11.7. The van der Waals surface area contributed by atoms with Gasteiger partial charge in [-0.25, -0.2) is 0 Å². The van der Waals surface area contributed by atoms with Crippen LogP contribution in [0.3, 0.4) is 0 Å². The molecule has 0 saturated heterocycles. The van der Waals surface area contributed by atoms with Gasteiger partial charge in [-0.2, -0.15) is 0 Å². The van der Waals surface area contributed by atoms with E-state index in [2.05, 4.69) is 4.99 Å². The molecule has 0 aliphatic carbocycles. The first-order chi connectivity index (χ1) is 20.1. The maximum atomic E-state index is 11.7. The molecule has 0 saturated carbocycles. The van der Waals surface area contributed by atoms with Crippen LogP contribution in [0, 0.1) is 5.92 Å². The summed E-state index contributed by atoms with van der Waals surface area (Å²) in [4.78, 5) is 15.7. The van der Waals surface area contributed by atoms with Crippen molar-refractivity contribution in [2.45, 2.75) is 146 Å². The summed E-state index contributed by atoms with van der Waals surface area (Å²) in [5, 5.41) is 90.8. The molecule has 12 nitrogen and oxygen atoms in total. The lowest BCUT2D eigenvalue weighted by Crippen LogP contribution is -2.25. The van der Waals surface area contributed by atoms with Crippen molar-refractivity contribution in [3.05, 3.63) is 24.3 Å². The van der Waals surface area contributed by atoms with Gasteiger partial charge in [0.1, 0.15) is 5.78 Å². The number of nitrogens with zero attached hydrogens (tertiary/aromatic N) is 1. The summed E-state index contributed by atoms with van der Waals surface area (Å²) in [7, 11) is 0. The fraction of sp³-hybridized carbons (Fsp3) is 0.806. The second-order valence-corrected chi connectivity index (χ2v) is 11.9. The monoisotopic (exact) mass is 618 g/mol. The van der Waals surface area contributed by atoms with E-state index in [4.69, 9.17) is 5.73 Å². The molecule has 0 radical (unpaired) electrons. The number of hydrogen-bond donors (Lipinski definition) is 10. The van der Waals surface area contributed by atoms with Crippen molar-refractivity contribution in [2.24, 2.45) is 16.6 Å². The van der Waals surface area contributed by atoms with Crippen LogP contribution in [0.4, 0.5) is 0 Å². The van der Waals surface area contributed by atoms with Gasteiger partial charge in [0.15, 0.2) is 0 Å². The zero-order valence-corrected chi connectivity index (χ0v) is 26.0. The first-order valence-corrected chi connectivity index (χ1v) is 15.3. The molecule has 43 heavy (non-hydrogen) atoms. The molecule has 0 bridgehead atoms. The van der Waals surface area contributed by atoms with Crippen LogP contribution in [0.1, 0.15) is 91.4 Å². The molecular weight excluding hydrogens is 560 g/mol. The highest BCUT2D eigenvalue weighted by atomic mass is 16.3. The fourth-order valence-electron chi connectivity index (χ4n) is 4.49. The van der Waals surface area contributed by atoms with Gasteiger partial charge < -0.3 is 51.7 Å². The number of nitrogens with two attached hydrogens (primary N) is 1. The Hall–Kier alpha value is -1.74. The molecule has 0 aromatic carbocycles. The molecule has 252 valence electrons. The summed E-state index contributed by atoms with van der Waals surface area (Å²) < 4.78 is 0. The minimum absolute atomic E-state index is 0.0329. The first-order valence-electron chi connectivity index (χ1n) is 15.3. The third-order valence-corrected chi connectivity index (χ3v) is 6.87. The fourth-order valence-corrected chi connectivity index (χ4v) is 4.49. The lowest BCUT2D eigenvalue weighted by atomic mass is 9.97. The predicted octanol–water partition coefficient (Wildman–Crippen LogP) is 0.240. The molecular formula is C31H58N2O10. The van der Waals surface area contributed by atoms with Crippen molar-refractivity contribution in [2.75, 3.05) is 6.54 Å². The number of aliphatic imine (C=N–C) groups is 1. The van der Waals surface area contributed by atoms with Gasteiger partial charge in [-0.3, -0.25) is 9.79 Å². The normalized spacial score (nSPS) is 19.3. The van der Waals surface area contributed by atoms with Crippen molar-refractivity contribution >= 4 is 11.6 Å². The highest BCUT2D eigenvalue weighted by Gasteiger charge is 2.20. The lowest BCUT2D eigenvalue weighted by molar-refractivity contribution is -0.124. The van der Waals surface area contributed by atoms with E-state index < -0.39 is 54.9 Å². The van der Waals surface area contributed by atoms with Crippen molar-refractivity contribution in [3.63, 3.8) is 0 Å². The number of aliphatic hydroxyl groups excluding tert-OH is 9. The van der Waals surface area contributed by atoms with Crippen LogP contribution in [0.25, 0.3) is 0 Å². The van der Waals surface area contributed by atoms with E-state index >= 15 is 0 Å². The average Bonchev–Trinajstić information content (AvgIpc) is 2.85. The smallest absolute Gasteiger partial charge is 0.137 e. The van der Waals surface area contributed by atoms with Crippen LogP contribution in [-0.2, 0) is 4.79 Å². The Bertz CT molecular complexity index is 818. The molecule has 0 aromatic heterocycles. The summed E-state index contributed by atoms with van der Waals surface area (Å²) in [5.41, 5.74) is 5.45. The Kier molecular flexibility index (Phi) is 22.7. The van der Waals surface area contributed by atoms with Gasteiger partial charge in [0, 0.05) is 31.7 Å². The van der Waals surface area contributed by atoms with E-state index in [9.17, 15) is 50.8 Å². The molecule has 0 aliphatic rings. The standard InChI is InChI=1S/C31H58N2O10/c1-20(2)31(43)19-30(42)18-29(41)16-25(37)10-5-9-24(36)15-28(40)17-27(39)14-23(35)8-4-7-22(34)13-26(38)11-6-12-33-21(3)32/h4-5,8,10,20,22-30,34-42H,6-7,9,11-19H2,1-3H3,(H2,32,33). The van der Waals surface area contributed by atoms with Crippen molar-refractivity contribution < 1.29 is 50.8 Å². The van der Waals surface area contributed by atoms with Crippen LogP contribution < -0.4 is 5.73 Å². The summed E-state index contributed by atoms with van der Waals surface area (Å²) in [6, 6.07) is 0. The molecule has 0 aromatic rings. The molecule has 0 heterocycles. The number of hydrogen-bond acceptors (Lipinski definition) is 11. The predicted molar refractivity (Wildman–Crippen MR) is 165 cm³/mol. The van der Waals surface area contributed by atoms with E-state index in [0.717, 1.165) is 0 Å². The Balaban J connectivity index is 4.24. The van der Waals surface area contributed by atoms with Gasteiger partial charge in [0.2, 0.25) is 0 Å². The zero-order chi connectivity index (χ0) is 32.9. The average molecular weight is 619 g/mol. The van der Waals surface area contributed by atoms with Crippen molar-refractivity contribution in [1.29, 1.82) is 0 Å². The van der Waals surface area contributed by atoms with E-state index in [1.807, 2.05) is 0 Å². The van der Waals surface area contributed by atoms with Crippen LogP contribution >= 0.6 is 0 Å². The van der Waals surface area contributed by atoms with Gasteiger partial charge in [0.25, 0.3) is 0 Å². The number of carbonyl (C=O) groups is 1. The number of Topliss-reactive ketones (excluding diaryl/α,β-unsaturated/α-hetero) is 1. The molecule has 9 unspecified atom stereocenters. The van der Waals surface area contributed by atoms with Crippen LogP contribution in [0.5, 0.6) is 0 Å². The van der Waals surface area contributed by atoms with E-state index in [0.29, 0.717) is 25.2 Å². The second kappa shape index (κ2) is 23.6. The minimum Gasteiger partial charge on any atom is -0.393 e. The lowest BCUT2D eigenvalue weighted by Gasteiger charge is -2.19. The zero-order valence-electron chi connectivity index (χ0n) is 26.0. The molecule has 9 atom stereocenters. The number of rotatable bonds is 25. The Morgan fingerprint density at radius 1 is 0.651 bits per heavy atom. The largest absolute Gasteiger partial charge is 0.393 e. The number of aliphatic hydroxyl groups is 9. The molecule has 11 N–H and O–H groups in total. The van der Waals surface area contributed by atoms with Crippen molar-refractivity contribution in [1.82, 2.24) is 0 Å². The van der Waals surface area contributed by atoms with Crippen LogP contribution in [-0.4, -0.2) is 119 Å². The molecule has 0 fully saturated rings. The number of ketones is 1. The minimum atomic E-state index is -1.03. The molecule has 12 heteroatoms. The molecule has 0 aliphatic heterocycles. The molecule has 0 rings (SSSR count). The van der Waals surface area contributed by atoms with Gasteiger partial charge in [-0.05, 0) is 58.3 Å². The van der Waals surface area contributed by atoms with E-state index in [-0.39, 0.29) is 69.5 Å². The number of carbonyl (C=O) groups excluding carboxylic acids is 1. The number of amidine groups is 1. The quantitative estimate of drug-likeness (QED) is 0.0288. The maximum Gasteiger partial charge on any atom is 0.137 e. The van der Waals surface area contributed by atoms with Gasteiger partial charge in [0.05, 0.1) is 60.8 Å². The van der Waals surface area contributed by atoms with E-state index in [1.54, 1.807) is 26.8 Å². The van der Waals surface area contributed by atoms with E-state index in [1.165, 1.54) is 18.2 Å². The molecule has 0 spiro atoms. The Morgan fingerprint density at radius 2 is 1.07 bits per heavy atom. The first kappa shape index (κ1) is 41.3. The van der Waals surface area contributed by atoms with Gasteiger partial charge in [-0.1, -0.05) is 38.2 Å². The molecule has 0 amide bonds. The Labute approximate surface area is 256 Å². The summed E-state index contributed by atoms with van der Waals surface area (Å²) in [6.45, 7) is 5.67. The summed E-state index contributed by atoms with van der Waals surface area (Å²) >= 11 is 0. The highest BCUT2D eigenvalue weighted by Crippen LogP contribution is 2.15. The second-order valence-electron chi connectivity index (χ2n) is 11.9. The van der Waals surface area contributed by atoms with Crippen LogP contribution in [0.2, 0.25) is 0 Å².